The first-order valence-corrected chi connectivity index (χ1v) is 10.2. The number of hydrogen-bond donors (Lipinski definition) is 2. The Morgan fingerprint density at radius 1 is 1.43 bits per heavy atom. The second kappa shape index (κ2) is 11.6. The van der Waals surface area contributed by atoms with Gasteiger partial charge in [0, 0.05) is 19.7 Å². The Balaban J connectivity index is 0.000000878. The summed E-state index contributed by atoms with van der Waals surface area (Å²) in [4.78, 5) is 17.4. The molecule has 1 atom stereocenters. The lowest BCUT2D eigenvalue weighted by Gasteiger charge is -2.22. The fraction of sp³-hybridized carbons (Fsp3) is 0.700. The number of carboxylic acid groups (broad SMARTS) is 1. The molecular weight excluding hydrogens is 358 g/mol. The largest absolute Gasteiger partial charge is 0.483 e. The molecule has 1 fully saturated rings. The second-order valence-corrected chi connectivity index (χ2v) is 7.61. The van der Waals surface area contributed by atoms with Crippen LogP contribution in [0.5, 0.6) is 0 Å². The van der Waals surface area contributed by atoms with Crippen LogP contribution in [0.1, 0.15) is 52.1 Å². The van der Waals surface area contributed by atoms with Gasteiger partial charge in [0.05, 0.1) is 17.7 Å². The van der Waals surface area contributed by atoms with Crippen molar-refractivity contribution in [3.05, 3.63) is 12.0 Å². The molecule has 0 saturated carbocycles. The van der Waals surface area contributed by atoms with Crippen LogP contribution in [-0.4, -0.2) is 51.1 Å². The van der Waals surface area contributed by atoms with Crippen molar-refractivity contribution < 1.29 is 14.6 Å². The van der Waals surface area contributed by atoms with Gasteiger partial charge >= 0.3 is 0 Å². The van der Waals surface area contributed by atoms with Gasteiger partial charge < -0.3 is 15.2 Å². The topological polar surface area (TPSA) is 102 Å². The first kappa shape index (κ1) is 22.1. The van der Waals surface area contributed by atoms with Crippen LogP contribution in [-0.2, 0) is 22.5 Å². The minimum absolute atomic E-state index is 0.250. The van der Waals surface area contributed by atoms with Crippen LogP contribution in [0.3, 0.4) is 0 Å². The molecule has 0 amide bonds. The Kier molecular flexibility index (Phi) is 9.13. The molecule has 0 bridgehead atoms. The molecule has 1 unspecified atom stereocenters. The van der Waals surface area contributed by atoms with Gasteiger partial charge in [0.2, 0.25) is 0 Å². The summed E-state index contributed by atoms with van der Waals surface area (Å²) >= 11 is 0. The first-order valence-electron chi connectivity index (χ1n) is 10.2. The molecule has 1 saturated heterocycles. The zero-order chi connectivity index (χ0) is 20.4. The highest BCUT2D eigenvalue weighted by molar-refractivity contribution is 5.89. The lowest BCUT2D eigenvalue weighted by Crippen LogP contribution is -2.24. The average Bonchev–Trinajstić information content (AvgIpc) is 3.03. The quantitative estimate of drug-likeness (QED) is 0.665. The lowest BCUT2D eigenvalue weighted by molar-refractivity contribution is -0.122. The Morgan fingerprint density at radius 3 is 2.86 bits per heavy atom. The highest BCUT2D eigenvalue weighted by Gasteiger charge is 2.19. The smallest absolute Gasteiger partial charge is 0.290 e. The lowest BCUT2D eigenvalue weighted by atomic mass is 10.0. The zero-order valence-electron chi connectivity index (χ0n) is 17.2. The van der Waals surface area contributed by atoms with Crippen molar-refractivity contribution in [2.45, 2.75) is 59.4 Å². The van der Waals surface area contributed by atoms with Crippen molar-refractivity contribution in [2.75, 3.05) is 25.1 Å². The van der Waals surface area contributed by atoms with E-state index in [9.17, 15) is 0 Å². The third-order valence-electron chi connectivity index (χ3n) is 4.74. The van der Waals surface area contributed by atoms with Gasteiger partial charge in [-0.3, -0.25) is 4.79 Å². The van der Waals surface area contributed by atoms with Gasteiger partial charge in [-0.25, -0.2) is 14.6 Å². The SMILES string of the molecule is CCCCn1nc(CC(C)C)c2c(NCC3CCCOC3)ncnc21.O=CO. The maximum Gasteiger partial charge on any atom is 0.290 e. The van der Waals surface area contributed by atoms with E-state index in [0.717, 1.165) is 74.5 Å². The number of hydrogen-bond acceptors (Lipinski definition) is 6. The number of nitrogens with one attached hydrogen (secondary N) is 1. The molecule has 2 aromatic heterocycles. The van der Waals surface area contributed by atoms with E-state index in [2.05, 4.69) is 40.7 Å². The molecule has 156 valence electrons. The van der Waals surface area contributed by atoms with Gasteiger partial charge in [0.1, 0.15) is 12.1 Å². The molecule has 0 aromatic carbocycles. The number of fused-ring (bicyclic) bond motifs is 1. The van der Waals surface area contributed by atoms with Gasteiger partial charge in [-0.05, 0) is 37.5 Å². The van der Waals surface area contributed by atoms with E-state index < -0.39 is 0 Å². The summed E-state index contributed by atoms with van der Waals surface area (Å²) < 4.78 is 7.66. The molecule has 3 rings (SSSR count). The van der Waals surface area contributed by atoms with Crippen LogP contribution < -0.4 is 5.32 Å². The summed E-state index contributed by atoms with van der Waals surface area (Å²) in [5.74, 6) is 2.04. The number of rotatable bonds is 8. The molecule has 2 aromatic rings. The number of carbonyl (C=O) groups is 1. The minimum Gasteiger partial charge on any atom is -0.483 e. The van der Waals surface area contributed by atoms with Crippen LogP contribution in [0.15, 0.2) is 6.33 Å². The number of aromatic nitrogens is 4. The fourth-order valence-electron chi connectivity index (χ4n) is 3.42. The molecule has 28 heavy (non-hydrogen) atoms. The van der Waals surface area contributed by atoms with Crippen LogP contribution >= 0.6 is 0 Å². The Bertz CT molecular complexity index is 726. The number of aryl methyl sites for hydroxylation is 1. The van der Waals surface area contributed by atoms with E-state index in [1.54, 1.807) is 6.33 Å². The number of unbranched alkanes of at least 4 members (excludes halogenated alkanes) is 1. The standard InChI is InChI=1S/C19H31N5O.CH2O2/c1-4-5-8-24-19-17(16(23-24)10-14(2)3)18(21-13-22-19)20-11-15-7-6-9-25-12-15;2-1-3/h13-15H,4-12H2,1-3H3,(H,20,21,22);1H,(H,2,3). The predicted octanol–water partition coefficient (Wildman–Crippen LogP) is 3.36. The molecule has 1 aliphatic heterocycles. The third kappa shape index (κ3) is 6.15. The molecule has 0 aliphatic carbocycles. The highest BCUT2D eigenvalue weighted by atomic mass is 16.5. The molecule has 8 heteroatoms. The van der Waals surface area contributed by atoms with Crippen LogP contribution in [0, 0.1) is 11.8 Å². The van der Waals surface area contributed by atoms with Crippen molar-refractivity contribution in [3.8, 4) is 0 Å². The fourth-order valence-corrected chi connectivity index (χ4v) is 3.42. The van der Waals surface area contributed by atoms with Gasteiger partial charge in [0.25, 0.3) is 6.47 Å². The van der Waals surface area contributed by atoms with Crippen molar-refractivity contribution in [3.63, 3.8) is 0 Å². The summed E-state index contributed by atoms with van der Waals surface area (Å²) in [6.45, 7) is 9.97. The Morgan fingerprint density at radius 2 is 2.21 bits per heavy atom. The highest BCUT2D eigenvalue weighted by Crippen LogP contribution is 2.26. The minimum atomic E-state index is -0.250. The van der Waals surface area contributed by atoms with Gasteiger partial charge in [-0.15, -0.1) is 0 Å². The summed E-state index contributed by atoms with van der Waals surface area (Å²) in [5, 5.41) is 16.4. The summed E-state index contributed by atoms with van der Waals surface area (Å²) in [6.07, 6.45) is 7.24. The summed E-state index contributed by atoms with van der Waals surface area (Å²) in [6, 6.07) is 0. The number of ether oxygens (including phenoxy) is 1. The van der Waals surface area contributed by atoms with Crippen molar-refractivity contribution in [1.29, 1.82) is 0 Å². The Labute approximate surface area is 166 Å². The normalized spacial score (nSPS) is 16.6. The molecule has 2 N–H and O–H groups in total. The predicted molar refractivity (Wildman–Crippen MR) is 109 cm³/mol. The Hall–Kier alpha value is -2.22. The molecule has 8 nitrogen and oxygen atoms in total. The summed E-state index contributed by atoms with van der Waals surface area (Å²) in [7, 11) is 0. The van der Waals surface area contributed by atoms with E-state index in [-0.39, 0.29) is 6.47 Å². The second-order valence-electron chi connectivity index (χ2n) is 7.61. The summed E-state index contributed by atoms with van der Waals surface area (Å²) in [5.41, 5.74) is 2.07. The molecule has 0 spiro atoms. The van der Waals surface area contributed by atoms with Crippen LogP contribution in [0.4, 0.5) is 5.82 Å². The molecule has 3 heterocycles. The van der Waals surface area contributed by atoms with Crippen LogP contribution in [0.2, 0.25) is 0 Å². The van der Waals surface area contributed by atoms with Crippen molar-refractivity contribution >= 4 is 23.3 Å². The number of anilines is 1. The van der Waals surface area contributed by atoms with Gasteiger partial charge in [-0.1, -0.05) is 27.2 Å². The molecule has 0 radical (unpaired) electrons. The average molecular weight is 392 g/mol. The zero-order valence-corrected chi connectivity index (χ0v) is 17.2. The third-order valence-corrected chi connectivity index (χ3v) is 4.74. The van der Waals surface area contributed by atoms with Gasteiger partial charge in [0.15, 0.2) is 5.65 Å². The maximum atomic E-state index is 8.36. The van der Waals surface area contributed by atoms with Crippen molar-refractivity contribution in [2.24, 2.45) is 11.8 Å². The maximum absolute atomic E-state index is 8.36. The number of nitrogens with zero attached hydrogens (tertiary/aromatic N) is 4. The van der Waals surface area contributed by atoms with E-state index in [1.165, 1.54) is 6.42 Å². The van der Waals surface area contributed by atoms with Crippen LogP contribution in [0.25, 0.3) is 11.0 Å². The van der Waals surface area contributed by atoms with E-state index in [1.807, 2.05) is 0 Å². The van der Waals surface area contributed by atoms with E-state index >= 15 is 0 Å². The van der Waals surface area contributed by atoms with E-state index in [4.69, 9.17) is 19.7 Å². The van der Waals surface area contributed by atoms with Gasteiger partial charge in [-0.2, -0.15) is 5.10 Å². The van der Waals surface area contributed by atoms with Crippen molar-refractivity contribution in [1.82, 2.24) is 19.7 Å². The first-order chi connectivity index (χ1) is 13.6. The monoisotopic (exact) mass is 391 g/mol. The van der Waals surface area contributed by atoms with E-state index in [0.29, 0.717) is 11.8 Å². The molecular formula is C20H33N5O3. The molecule has 1 aliphatic rings.